The van der Waals surface area contributed by atoms with Crippen LogP contribution in [0.5, 0.6) is 0 Å². The van der Waals surface area contributed by atoms with Crippen molar-refractivity contribution in [2.75, 3.05) is 0 Å². The average molecular weight is 246 g/mol. The third-order valence-electron chi connectivity index (χ3n) is 3.78. The van der Waals surface area contributed by atoms with E-state index in [1.165, 1.54) is 16.7 Å². The molecule has 0 N–H and O–H groups in total. The van der Waals surface area contributed by atoms with E-state index in [-0.39, 0.29) is 0 Å². The van der Waals surface area contributed by atoms with Crippen LogP contribution in [0.4, 0.5) is 0 Å². The molecule has 0 aromatic heterocycles. The summed E-state index contributed by atoms with van der Waals surface area (Å²) in [5.74, 6) is 0.841. The number of hydrogen-bond acceptors (Lipinski definition) is 1. The SMILES string of the molecule is CCc1ccc(CC)c(C(CC)CCC(C)=O)c1. The molecule has 18 heavy (non-hydrogen) atoms. The maximum absolute atomic E-state index is 11.2. The Morgan fingerprint density at radius 1 is 1.17 bits per heavy atom. The molecule has 0 aliphatic carbocycles. The molecule has 0 radical (unpaired) electrons. The zero-order valence-corrected chi connectivity index (χ0v) is 12.3. The normalized spacial score (nSPS) is 12.4. The van der Waals surface area contributed by atoms with Crippen LogP contribution in [0.15, 0.2) is 18.2 Å². The molecule has 0 aliphatic rings. The summed E-state index contributed by atoms with van der Waals surface area (Å²) in [6.45, 7) is 8.32. The topological polar surface area (TPSA) is 17.1 Å². The quantitative estimate of drug-likeness (QED) is 0.683. The van der Waals surface area contributed by atoms with E-state index >= 15 is 0 Å². The molecule has 1 unspecified atom stereocenters. The Labute approximate surface area is 112 Å². The van der Waals surface area contributed by atoms with E-state index in [2.05, 4.69) is 39.0 Å². The van der Waals surface area contributed by atoms with Crippen molar-refractivity contribution in [1.29, 1.82) is 0 Å². The lowest BCUT2D eigenvalue weighted by atomic mass is 9.86. The van der Waals surface area contributed by atoms with E-state index in [4.69, 9.17) is 0 Å². The Hall–Kier alpha value is -1.11. The molecule has 1 nitrogen and oxygen atoms in total. The Balaban J connectivity index is 2.97. The smallest absolute Gasteiger partial charge is 0.129 e. The molecule has 1 rings (SSSR count). The van der Waals surface area contributed by atoms with Gasteiger partial charge in [0.25, 0.3) is 0 Å². The minimum Gasteiger partial charge on any atom is -0.300 e. The minimum absolute atomic E-state index is 0.304. The van der Waals surface area contributed by atoms with Crippen LogP contribution >= 0.6 is 0 Å². The Bertz CT molecular complexity index is 393. The first-order valence-electron chi connectivity index (χ1n) is 7.23. The second-order valence-corrected chi connectivity index (χ2v) is 5.09. The van der Waals surface area contributed by atoms with Gasteiger partial charge in [-0.3, -0.25) is 0 Å². The Morgan fingerprint density at radius 2 is 1.89 bits per heavy atom. The van der Waals surface area contributed by atoms with Gasteiger partial charge >= 0.3 is 0 Å². The Morgan fingerprint density at radius 3 is 2.39 bits per heavy atom. The van der Waals surface area contributed by atoms with Crippen LogP contribution in [0.2, 0.25) is 0 Å². The highest BCUT2D eigenvalue weighted by molar-refractivity contribution is 5.75. The number of hydrogen-bond donors (Lipinski definition) is 0. The van der Waals surface area contributed by atoms with Gasteiger partial charge in [0.05, 0.1) is 0 Å². The summed E-state index contributed by atoms with van der Waals surface area (Å²) >= 11 is 0. The molecule has 0 bridgehead atoms. The van der Waals surface area contributed by atoms with Crippen LogP contribution in [0.1, 0.15) is 69.6 Å². The van der Waals surface area contributed by atoms with Gasteiger partial charge in [0.2, 0.25) is 0 Å². The van der Waals surface area contributed by atoms with Crippen molar-refractivity contribution in [3.63, 3.8) is 0 Å². The number of aryl methyl sites for hydroxylation is 2. The van der Waals surface area contributed by atoms with Gasteiger partial charge in [0.1, 0.15) is 5.78 Å². The molecule has 0 fully saturated rings. The maximum Gasteiger partial charge on any atom is 0.129 e. The summed E-state index contributed by atoms with van der Waals surface area (Å²) in [4.78, 5) is 11.2. The second-order valence-electron chi connectivity index (χ2n) is 5.09. The van der Waals surface area contributed by atoms with Gasteiger partial charge in [0, 0.05) is 6.42 Å². The highest BCUT2D eigenvalue weighted by atomic mass is 16.1. The van der Waals surface area contributed by atoms with E-state index in [0.29, 0.717) is 18.1 Å². The van der Waals surface area contributed by atoms with E-state index in [1.54, 1.807) is 6.92 Å². The molecule has 1 aromatic carbocycles. The van der Waals surface area contributed by atoms with Gasteiger partial charge in [-0.2, -0.15) is 0 Å². The number of ketones is 1. The van der Waals surface area contributed by atoms with E-state index in [1.807, 2.05) is 0 Å². The van der Waals surface area contributed by atoms with E-state index < -0.39 is 0 Å². The van der Waals surface area contributed by atoms with Crippen LogP contribution in [0, 0.1) is 0 Å². The highest BCUT2D eigenvalue weighted by Crippen LogP contribution is 2.29. The summed E-state index contributed by atoms with van der Waals surface area (Å²) in [7, 11) is 0. The van der Waals surface area contributed by atoms with Crippen molar-refractivity contribution in [3.05, 3.63) is 34.9 Å². The van der Waals surface area contributed by atoms with E-state index in [9.17, 15) is 4.79 Å². The van der Waals surface area contributed by atoms with Crippen molar-refractivity contribution >= 4 is 5.78 Å². The fourth-order valence-electron chi connectivity index (χ4n) is 2.52. The summed E-state index contributed by atoms with van der Waals surface area (Å²) in [5.41, 5.74) is 4.33. The third-order valence-corrected chi connectivity index (χ3v) is 3.78. The van der Waals surface area contributed by atoms with Crippen molar-refractivity contribution in [1.82, 2.24) is 0 Å². The second kappa shape index (κ2) is 7.35. The molecule has 1 heteroatoms. The lowest BCUT2D eigenvalue weighted by Gasteiger charge is -2.19. The summed E-state index contributed by atoms with van der Waals surface area (Å²) < 4.78 is 0. The molecule has 1 atom stereocenters. The summed E-state index contributed by atoms with van der Waals surface area (Å²) in [6.07, 6.45) is 4.98. The standard InChI is InChI=1S/C17H26O/c1-5-14-9-11-16(7-3)17(12-14)15(6-2)10-8-13(4)18/h9,11-12,15H,5-8,10H2,1-4H3. The first kappa shape index (κ1) is 14.9. The van der Waals surface area contributed by atoms with E-state index in [0.717, 1.165) is 25.7 Å². The molecule has 0 amide bonds. The predicted octanol–water partition coefficient (Wildman–Crippen LogP) is 4.67. The molecule has 100 valence electrons. The van der Waals surface area contributed by atoms with Gasteiger partial charge in [-0.15, -0.1) is 0 Å². The minimum atomic E-state index is 0.304. The van der Waals surface area contributed by atoms with Gasteiger partial charge in [-0.05, 0) is 55.2 Å². The first-order valence-corrected chi connectivity index (χ1v) is 7.23. The zero-order valence-electron chi connectivity index (χ0n) is 12.3. The van der Waals surface area contributed by atoms with Crippen LogP contribution in [-0.2, 0) is 17.6 Å². The number of Topliss-reactive ketones (excluding diaryl/α,β-unsaturated/α-hetero) is 1. The average Bonchev–Trinajstić information content (AvgIpc) is 2.38. The third kappa shape index (κ3) is 3.97. The van der Waals surface area contributed by atoms with Gasteiger partial charge in [-0.25, -0.2) is 0 Å². The lowest BCUT2D eigenvalue weighted by Crippen LogP contribution is -2.05. The van der Waals surface area contributed by atoms with Crippen LogP contribution in [0.3, 0.4) is 0 Å². The number of carbonyl (C=O) groups is 1. The van der Waals surface area contributed by atoms with Gasteiger partial charge < -0.3 is 4.79 Å². The highest BCUT2D eigenvalue weighted by Gasteiger charge is 2.14. The number of carbonyl (C=O) groups excluding carboxylic acids is 1. The van der Waals surface area contributed by atoms with Crippen LogP contribution in [-0.4, -0.2) is 5.78 Å². The predicted molar refractivity (Wildman–Crippen MR) is 78.1 cm³/mol. The molecule has 0 saturated carbocycles. The molecular formula is C17H26O. The molecule has 0 saturated heterocycles. The van der Waals surface area contributed by atoms with Crippen LogP contribution < -0.4 is 0 Å². The maximum atomic E-state index is 11.2. The van der Waals surface area contributed by atoms with Gasteiger partial charge in [0.15, 0.2) is 0 Å². The molecular weight excluding hydrogens is 220 g/mol. The zero-order chi connectivity index (χ0) is 13.5. The molecule has 1 aromatic rings. The fraction of sp³-hybridized carbons (Fsp3) is 0.588. The van der Waals surface area contributed by atoms with Crippen molar-refractivity contribution in [2.24, 2.45) is 0 Å². The molecule has 0 spiro atoms. The number of rotatable bonds is 7. The number of benzene rings is 1. The first-order chi connectivity index (χ1) is 8.62. The Kier molecular flexibility index (Phi) is 6.11. The summed E-state index contributed by atoms with van der Waals surface area (Å²) in [5, 5.41) is 0. The molecule has 0 heterocycles. The summed E-state index contributed by atoms with van der Waals surface area (Å²) in [6, 6.07) is 6.86. The monoisotopic (exact) mass is 246 g/mol. The van der Waals surface area contributed by atoms with Crippen molar-refractivity contribution in [2.45, 2.75) is 65.7 Å². The molecule has 0 aliphatic heterocycles. The fourth-order valence-corrected chi connectivity index (χ4v) is 2.52. The largest absolute Gasteiger partial charge is 0.300 e. The van der Waals surface area contributed by atoms with Crippen molar-refractivity contribution in [3.8, 4) is 0 Å². The van der Waals surface area contributed by atoms with Gasteiger partial charge in [-0.1, -0.05) is 39.0 Å². The van der Waals surface area contributed by atoms with Crippen LogP contribution in [0.25, 0.3) is 0 Å². The lowest BCUT2D eigenvalue weighted by molar-refractivity contribution is -0.117. The van der Waals surface area contributed by atoms with Crippen molar-refractivity contribution < 1.29 is 4.79 Å².